The molecule has 1 amide bonds. The van der Waals surface area contributed by atoms with E-state index in [2.05, 4.69) is 32.7 Å². The molecule has 0 fully saturated rings. The van der Waals surface area contributed by atoms with Crippen molar-refractivity contribution in [3.8, 4) is 0 Å². The van der Waals surface area contributed by atoms with Crippen LogP contribution in [0.15, 0.2) is 42.2 Å². The van der Waals surface area contributed by atoms with E-state index >= 15 is 0 Å². The Labute approximate surface area is 153 Å². The molecule has 0 unspecified atom stereocenters. The Morgan fingerprint density at radius 1 is 1.24 bits per heavy atom. The topological polar surface area (TPSA) is 38.3 Å². The van der Waals surface area contributed by atoms with Crippen LogP contribution in [-0.4, -0.2) is 13.0 Å². The maximum Gasteiger partial charge on any atom is 0.221 e. The highest BCUT2D eigenvalue weighted by atomic mass is 19.1. The van der Waals surface area contributed by atoms with Gasteiger partial charge in [-0.1, -0.05) is 52.8 Å². The summed E-state index contributed by atoms with van der Waals surface area (Å²) in [4.78, 5) is 10.6. The second kappa shape index (κ2) is 12.3. The van der Waals surface area contributed by atoms with Crippen molar-refractivity contribution in [3.63, 3.8) is 0 Å². The number of carbonyl (C=O) groups excluding carboxylic acids is 1. The summed E-state index contributed by atoms with van der Waals surface area (Å²) in [6.45, 7) is 19.3. The fraction of sp³-hybridized carbons (Fsp3) is 0.476. The van der Waals surface area contributed by atoms with Gasteiger partial charge in [0.25, 0.3) is 0 Å². The molecule has 0 aliphatic rings. The van der Waals surface area contributed by atoms with Gasteiger partial charge in [-0.05, 0) is 37.6 Å². The molecule has 3 nitrogen and oxygen atoms in total. The van der Waals surface area contributed by atoms with Gasteiger partial charge >= 0.3 is 0 Å². The maximum absolute atomic E-state index is 13.0. The van der Waals surface area contributed by atoms with Gasteiger partial charge in [-0.15, -0.1) is 0 Å². The van der Waals surface area contributed by atoms with Crippen LogP contribution in [0.25, 0.3) is 0 Å². The average Bonchev–Trinajstić information content (AvgIpc) is 2.49. The molecule has 25 heavy (non-hydrogen) atoms. The van der Waals surface area contributed by atoms with Crippen LogP contribution in [0.5, 0.6) is 0 Å². The lowest BCUT2D eigenvalue weighted by atomic mass is 9.93. The zero-order chi connectivity index (χ0) is 20.2. The van der Waals surface area contributed by atoms with Crippen LogP contribution >= 0.6 is 0 Å². The monoisotopic (exact) mass is 351 g/mol. The van der Waals surface area contributed by atoms with Crippen molar-refractivity contribution in [2.45, 2.75) is 55.4 Å². The summed E-state index contributed by atoms with van der Waals surface area (Å²) in [6.07, 6.45) is 1.97. The Morgan fingerprint density at radius 3 is 2.04 bits per heavy atom. The van der Waals surface area contributed by atoms with Gasteiger partial charge in [0.15, 0.2) is 0 Å². The average molecular weight is 352 g/mol. The minimum Gasteiger partial charge on any atom is -0.501 e. The molecular weight excluding hydrogens is 317 g/mol. The third-order valence-corrected chi connectivity index (χ3v) is 2.77. The molecule has 0 aromatic heterocycles. The molecule has 4 heteroatoms. The van der Waals surface area contributed by atoms with Crippen LogP contribution in [0.4, 0.5) is 10.1 Å². The number of allylic oxidation sites excluding steroid dienone is 3. The van der Waals surface area contributed by atoms with E-state index in [4.69, 9.17) is 4.74 Å². The lowest BCUT2D eigenvalue weighted by Gasteiger charge is -2.21. The Hall–Kier alpha value is -2.10. The molecule has 0 heterocycles. The van der Waals surface area contributed by atoms with Crippen molar-refractivity contribution in [3.05, 3.63) is 53.6 Å². The SMILES string of the molecule is C=C(C)/C=C(\OC)C(C)(C)C.CC.CC(=O)Nc1ccc(C)cc1F. The highest BCUT2D eigenvalue weighted by Crippen LogP contribution is 2.26. The van der Waals surface area contributed by atoms with Gasteiger partial charge in [-0.3, -0.25) is 4.79 Å². The Kier molecular flexibility index (Phi) is 12.4. The summed E-state index contributed by atoms with van der Waals surface area (Å²) in [6, 6.07) is 4.67. The van der Waals surface area contributed by atoms with Crippen molar-refractivity contribution < 1.29 is 13.9 Å². The molecule has 0 radical (unpaired) electrons. The first-order chi connectivity index (χ1) is 11.5. The Bertz CT molecular complexity index is 584. The number of halogens is 1. The molecular formula is C21H34FNO2. The molecule has 1 N–H and O–H groups in total. The molecule has 0 aliphatic carbocycles. The predicted octanol–water partition coefficient (Wildman–Crippen LogP) is 6.26. The van der Waals surface area contributed by atoms with Crippen LogP contribution in [0.1, 0.15) is 54.0 Å². The lowest BCUT2D eigenvalue weighted by molar-refractivity contribution is -0.114. The zero-order valence-corrected chi connectivity index (χ0v) is 17.2. The number of amides is 1. The van der Waals surface area contributed by atoms with Crippen molar-refractivity contribution in [1.29, 1.82) is 0 Å². The number of methoxy groups -OCH3 is 1. The number of ether oxygens (including phenoxy) is 1. The maximum atomic E-state index is 13.0. The fourth-order valence-electron chi connectivity index (χ4n) is 1.72. The van der Waals surface area contributed by atoms with E-state index < -0.39 is 5.82 Å². The number of anilines is 1. The van der Waals surface area contributed by atoms with Crippen LogP contribution in [0.2, 0.25) is 0 Å². The minimum absolute atomic E-state index is 0.0771. The van der Waals surface area contributed by atoms with Crippen LogP contribution < -0.4 is 5.32 Å². The first-order valence-electron chi connectivity index (χ1n) is 8.42. The van der Waals surface area contributed by atoms with E-state index in [-0.39, 0.29) is 17.0 Å². The second-order valence-corrected chi connectivity index (χ2v) is 6.47. The van der Waals surface area contributed by atoms with Gasteiger partial charge in [-0.2, -0.15) is 0 Å². The molecule has 1 aromatic carbocycles. The smallest absolute Gasteiger partial charge is 0.221 e. The van der Waals surface area contributed by atoms with Crippen molar-refractivity contribution in [1.82, 2.24) is 0 Å². The fourth-order valence-corrected chi connectivity index (χ4v) is 1.72. The number of hydrogen-bond acceptors (Lipinski definition) is 2. The molecule has 0 aliphatic heterocycles. The lowest BCUT2D eigenvalue weighted by Crippen LogP contribution is -2.10. The number of nitrogens with one attached hydrogen (secondary N) is 1. The van der Waals surface area contributed by atoms with Gasteiger partial charge in [0, 0.05) is 12.3 Å². The quantitative estimate of drug-likeness (QED) is 0.516. The summed E-state index contributed by atoms with van der Waals surface area (Å²) in [5.74, 6) is 0.313. The third-order valence-electron chi connectivity index (χ3n) is 2.77. The molecule has 0 atom stereocenters. The standard InChI is InChI=1S/C10H18O.C9H10FNO.C2H6/c1-8(2)7-9(11-6)10(3,4)5;1-6-3-4-9(8(10)5-6)11-7(2)12;1-2/h7H,1H2,2-6H3;3-5H,1-2H3,(H,11,12);1-2H3/b9-7-;;. The molecule has 0 saturated carbocycles. The summed E-state index contributed by atoms with van der Waals surface area (Å²) in [5, 5.41) is 2.39. The minimum atomic E-state index is -0.398. The Balaban J connectivity index is 0. The first-order valence-corrected chi connectivity index (χ1v) is 8.42. The highest BCUT2D eigenvalue weighted by molar-refractivity contribution is 5.88. The summed E-state index contributed by atoms with van der Waals surface area (Å²) >= 11 is 0. The first kappa shape index (κ1) is 25.1. The van der Waals surface area contributed by atoms with E-state index in [1.807, 2.05) is 26.8 Å². The number of aryl methyl sites for hydroxylation is 1. The van der Waals surface area contributed by atoms with Crippen molar-refractivity contribution in [2.24, 2.45) is 5.41 Å². The van der Waals surface area contributed by atoms with Crippen LogP contribution in [0, 0.1) is 18.2 Å². The van der Waals surface area contributed by atoms with Gasteiger partial charge in [-0.25, -0.2) is 4.39 Å². The van der Waals surface area contributed by atoms with Crippen LogP contribution in [-0.2, 0) is 9.53 Å². The summed E-state index contributed by atoms with van der Waals surface area (Å²) in [7, 11) is 1.69. The summed E-state index contributed by atoms with van der Waals surface area (Å²) < 4.78 is 18.2. The van der Waals surface area contributed by atoms with Crippen molar-refractivity contribution in [2.75, 3.05) is 12.4 Å². The largest absolute Gasteiger partial charge is 0.501 e. The molecule has 0 saturated heterocycles. The number of carbonyl (C=O) groups is 1. The van der Waals surface area contributed by atoms with E-state index in [1.54, 1.807) is 26.2 Å². The van der Waals surface area contributed by atoms with Crippen LogP contribution in [0.3, 0.4) is 0 Å². The molecule has 0 bridgehead atoms. The van der Waals surface area contributed by atoms with Crippen molar-refractivity contribution >= 4 is 11.6 Å². The number of benzene rings is 1. The van der Waals surface area contributed by atoms with Gasteiger partial charge < -0.3 is 10.1 Å². The van der Waals surface area contributed by atoms with Gasteiger partial charge in [0.2, 0.25) is 5.91 Å². The molecule has 0 spiro atoms. The molecule has 1 aromatic rings. The predicted molar refractivity (Wildman–Crippen MR) is 106 cm³/mol. The normalized spacial score (nSPS) is 10.6. The van der Waals surface area contributed by atoms with E-state index in [1.165, 1.54) is 13.0 Å². The van der Waals surface area contributed by atoms with E-state index in [0.29, 0.717) is 0 Å². The summed E-state index contributed by atoms with van der Waals surface area (Å²) in [5.41, 5.74) is 2.17. The molecule has 142 valence electrons. The van der Waals surface area contributed by atoms with Gasteiger partial charge in [0.1, 0.15) is 11.6 Å². The highest BCUT2D eigenvalue weighted by Gasteiger charge is 2.16. The third kappa shape index (κ3) is 12.0. The zero-order valence-electron chi connectivity index (χ0n) is 17.2. The Morgan fingerprint density at radius 2 is 1.76 bits per heavy atom. The number of rotatable bonds is 3. The number of hydrogen-bond donors (Lipinski definition) is 1. The molecule has 1 rings (SSSR count). The second-order valence-electron chi connectivity index (χ2n) is 6.47. The van der Waals surface area contributed by atoms with E-state index in [9.17, 15) is 9.18 Å². The van der Waals surface area contributed by atoms with Gasteiger partial charge in [0.05, 0.1) is 12.8 Å². The van der Waals surface area contributed by atoms with E-state index in [0.717, 1.165) is 16.9 Å².